The van der Waals surface area contributed by atoms with Gasteiger partial charge >= 0.3 is 0 Å². The summed E-state index contributed by atoms with van der Waals surface area (Å²) in [4.78, 5) is 21.2. The number of aromatic nitrogens is 3. The first-order valence-corrected chi connectivity index (χ1v) is 9.46. The molecule has 0 aliphatic carbocycles. The predicted molar refractivity (Wildman–Crippen MR) is 109 cm³/mol. The van der Waals surface area contributed by atoms with E-state index in [9.17, 15) is 18.0 Å². The van der Waals surface area contributed by atoms with Crippen molar-refractivity contribution in [1.29, 1.82) is 0 Å². The molecular weight excluding hydrogens is 395 g/mol. The van der Waals surface area contributed by atoms with Crippen LogP contribution in [0.15, 0.2) is 41.5 Å². The second-order valence-corrected chi connectivity index (χ2v) is 7.16. The van der Waals surface area contributed by atoms with Crippen molar-refractivity contribution >= 4 is 22.4 Å². The molecule has 0 saturated carbocycles. The monoisotopic (exact) mass is 415 g/mol. The van der Waals surface area contributed by atoms with E-state index in [1.807, 2.05) is 6.08 Å². The third-order valence-electron chi connectivity index (χ3n) is 5.27. The third kappa shape index (κ3) is 3.45. The van der Waals surface area contributed by atoms with Gasteiger partial charge in [-0.15, -0.1) is 0 Å². The zero-order chi connectivity index (χ0) is 21.4. The van der Waals surface area contributed by atoms with Gasteiger partial charge in [0.25, 0.3) is 12.0 Å². The van der Waals surface area contributed by atoms with Crippen LogP contribution in [0.2, 0.25) is 0 Å². The fourth-order valence-corrected chi connectivity index (χ4v) is 3.65. The van der Waals surface area contributed by atoms with Gasteiger partial charge in [-0.1, -0.05) is 24.3 Å². The quantitative estimate of drug-likeness (QED) is 0.667. The highest BCUT2D eigenvalue weighted by atomic mass is 19.3. The van der Waals surface area contributed by atoms with E-state index in [-0.39, 0.29) is 11.1 Å². The van der Waals surface area contributed by atoms with E-state index in [0.717, 1.165) is 11.6 Å². The molecule has 9 heteroatoms. The summed E-state index contributed by atoms with van der Waals surface area (Å²) in [7, 11) is 1.63. The number of anilines is 1. The number of benzene rings is 1. The van der Waals surface area contributed by atoms with Gasteiger partial charge in [0.05, 0.1) is 17.0 Å². The lowest BCUT2D eigenvalue weighted by molar-refractivity contribution is 0.146. The van der Waals surface area contributed by atoms with Crippen LogP contribution < -0.4 is 16.2 Å². The zero-order valence-corrected chi connectivity index (χ0v) is 16.4. The number of nitrogens with one attached hydrogen (secondary N) is 2. The van der Waals surface area contributed by atoms with Gasteiger partial charge in [-0.3, -0.25) is 9.36 Å². The van der Waals surface area contributed by atoms with Gasteiger partial charge in [0.2, 0.25) is 0 Å². The predicted octanol–water partition coefficient (Wildman–Crippen LogP) is 3.56. The highest BCUT2D eigenvalue weighted by Gasteiger charge is 2.21. The van der Waals surface area contributed by atoms with E-state index >= 15 is 0 Å². The number of halogens is 3. The van der Waals surface area contributed by atoms with Crippen molar-refractivity contribution < 1.29 is 13.2 Å². The minimum Gasteiger partial charge on any atom is -0.363 e. The van der Waals surface area contributed by atoms with Crippen molar-refractivity contribution in [3.05, 3.63) is 69.5 Å². The molecule has 0 saturated heterocycles. The van der Waals surface area contributed by atoms with E-state index in [0.29, 0.717) is 35.5 Å². The van der Waals surface area contributed by atoms with Crippen LogP contribution in [0.4, 0.5) is 19.0 Å². The molecular formula is C21H20F3N5O. The Kier molecular flexibility index (Phi) is 5.29. The maximum atomic E-state index is 14.6. The number of rotatable bonds is 5. The topological polar surface area (TPSA) is 71.8 Å². The Balaban J connectivity index is 1.78. The average molecular weight is 415 g/mol. The lowest BCUT2D eigenvalue weighted by atomic mass is 10.0. The maximum Gasteiger partial charge on any atom is 0.266 e. The normalized spacial score (nSPS) is 14.9. The SMILES string of the molecule is C[C@@H](Nc1ncnc2c1cc(C1=CCNC1)c(=O)n2C)c1cccc(C(F)F)c1F. The van der Waals surface area contributed by atoms with Gasteiger partial charge in [0, 0.05) is 31.3 Å². The van der Waals surface area contributed by atoms with Crippen LogP contribution in [0, 0.1) is 5.82 Å². The molecule has 0 amide bonds. The summed E-state index contributed by atoms with van der Waals surface area (Å²) in [5, 5.41) is 6.83. The Morgan fingerprint density at radius 2 is 2.00 bits per heavy atom. The Hall–Kier alpha value is -3.20. The molecule has 1 aliphatic heterocycles. The van der Waals surface area contributed by atoms with Gasteiger partial charge in [-0.25, -0.2) is 23.1 Å². The Morgan fingerprint density at radius 3 is 2.70 bits per heavy atom. The number of pyridine rings is 1. The number of alkyl halides is 2. The molecule has 30 heavy (non-hydrogen) atoms. The second-order valence-electron chi connectivity index (χ2n) is 7.16. The highest BCUT2D eigenvalue weighted by Crippen LogP contribution is 2.30. The Labute approximate surface area is 170 Å². The molecule has 0 fully saturated rings. The zero-order valence-electron chi connectivity index (χ0n) is 16.4. The van der Waals surface area contributed by atoms with Crippen LogP contribution in [0.1, 0.15) is 36.1 Å². The summed E-state index contributed by atoms with van der Waals surface area (Å²) < 4.78 is 42.1. The van der Waals surface area contributed by atoms with Crippen molar-refractivity contribution in [2.24, 2.45) is 7.05 Å². The number of fused-ring (bicyclic) bond motifs is 1. The van der Waals surface area contributed by atoms with Crippen molar-refractivity contribution in [3.8, 4) is 0 Å². The highest BCUT2D eigenvalue weighted by molar-refractivity contribution is 5.89. The van der Waals surface area contributed by atoms with E-state index in [2.05, 4.69) is 20.6 Å². The molecule has 1 aromatic carbocycles. The molecule has 3 heterocycles. The second kappa shape index (κ2) is 7.91. The van der Waals surface area contributed by atoms with E-state index < -0.39 is 23.8 Å². The van der Waals surface area contributed by atoms with Crippen LogP contribution in [-0.2, 0) is 7.05 Å². The van der Waals surface area contributed by atoms with Gasteiger partial charge < -0.3 is 10.6 Å². The van der Waals surface area contributed by atoms with E-state index in [4.69, 9.17) is 0 Å². The molecule has 3 aromatic rings. The first kappa shape index (κ1) is 20.1. The van der Waals surface area contributed by atoms with E-state index in [1.165, 1.54) is 23.0 Å². The summed E-state index contributed by atoms with van der Waals surface area (Å²) in [6, 6.07) is 5.00. The molecule has 0 radical (unpaired) electrons. The summed E-state index contributed by atoms with van der Waals surface area (Å²) >= 11 is 0. The first-order valence-electron chi connectivity index (χ1n) is 9.46. The lowest BCUT2D eigenvalue weighted by Crippen LogP contribution is -2.23. The van der Waals surface area contributed by atoms with Crippen LogP contribution in [0.3, 0.4) is 0 Å². The number of hydrogen-bond donors (Lipinski definition) is 2. The van der Waals surface area contributed by atoms with Crippen molar-refractivity contribution in [2.75, 3.05) is 18.4 Å². The van der Waals surface area contributed by atoms with Crippen molar-refractivity contribution in [2.45, 2.75) is 19.4 Å². The number of nitrogens with zero attached hydrogens (tertiary/aromatic N) is 3. The Bertz CT molecular complexity index is 1210. The molecule has 6 nitrogen and oxygen atoms in total. The van der Waals surface area contributed by atoms with Crippen LogP contribution >= 0.6 is 0 Å². The first-order chi connectivity index (χ1) is 14.4. The van der Waals surface area contributed by atoms with Gasteiger partial charge in [0.1, 0.15) is 23.6 Å². The average Bonchev–Trinajstić information content (AvgIpc) is 3.25. The number of hydrogen-bond acceptors (Lipinski definition) is 5. The van der Waals surface area contributed by atoms with Gasteiger partial charge in [-0.2, -0.15) is 0 Å². The van der Waals surface area contributed by atoms with Gasteiger partial charge in [0.15, 0.2) is 0 Å². The number of aryl methyl sites for hydroxylation is 1. The third-order valence-corrected chi connectivity index (χ3v) is 5.27. The summed E-state index contributed by atoms with van der Waals surface area (Å²) in [6.07, 6.45) is 0.356. The van der Waals surface area contributed by atoms with Crippen molar-refractivity contribution in [1.82, 2.24) is 19.9 Å². The molecule has 4 rings (SSSR count). The lowest BCUT2D eigenvalue weighted by Gasteiger charge is -2.19. The smallest absolute Gasteiger partial charge is 0.266 e. The van der Waals surface area contributed by atoms with Crippen LogP contribution in [0.5, 0.6) is 0 Å². The molecule has 2 aromatic heterocycles. The van der Waals surface area contributed by atoms with E-state index in [1.54, 1.807) is 20.0 Å². The van der Waals surface area contributed by atoms with Crippen LogP contribution in [0.25, 0.3) is 16.6 Å². The van der Waals surface area contributed by atoms with Gasteiger partial charge in [-0.05, 0) is 18.6 Å². The molecule has 1 aliphatic rings. The molecule has 156 valence electrons. The summed E-state index contributed by atoms with van der Waals surface area (Å²) in [6.45, 7) is 2.93. The minimum atomic E-state index is -2.90. The maximum absolute atomic E-state index is 14.6. The summed E-state index contributed by atoms with van der Waals surface area (Å²) in [5.41, 5.74) is 1.13. The molecule has 1 atom stereocenters. The van der Waals surface area contributed by atoms with Crippen molar-refractivity contribution in [3.63, 3.8) is 0 Å². The molecule has 0 spiro atoms. The summed E-state index contributed by atoms with van der Waals surface area (Å²) in [5.74, 6) is -0.557. The fourth-order valence-electron chi connectivity index (χ4n) is 3.65. The Morgan fingerprint density at radius 1 is 1.23 bits per heavy atom. The molecule has 0 bridgehead atoms. The molecule has 2 N–H and O–H groups in total. The van der Waals surface area contributed by atoms with Crippen LogP contribution in [-0.4, -0.2) is 27.6 Å². The standard InChI is InChI=1S/C21H20F3N5O/c1-11(13-4-3-5-14(17(13)22)18(23)24)28-19-16-8-15(12-6-7-25-9-12)21(30)29(2)20(16)27-10-26-19/h3-6,8,10-11,18,25H,7,9H2,1-2H3,(H,26,27,28)/t11-/m1/s1. The minimum absolute atomic E-state index is 0.104. The fraction of sp³-hybridized carbons (Fsp3) is 0.286. The largest absolute Gasteiger partial charge is 0.363 e. The molecule has 0 unspecified atom stereocenters.